The molecule has 1 aromatic heterocycles. The molecule has 1 fully saturated rings. The molecule has 0 amide bonds. The first-order valence-electron chi connectivity index (χ1n) is 11.8. The average molecular weight is 494 g/mol. The SMILES string of the molecule is COC(=O)c1ccc(C2CN(CC(C)=O)CCN2Cc2c(OC)cc(C)c3c2ccn3C(=O)O)cc1. The molecule has 1 N–H and O–H groups in total. The first-order chi connectivity index (χ1) is 17.2. The minimum absolute atomic E-state index is 0.0487. The van der Waals surface area contributed by atoms with Crippen LogP contribution in [0.15, 0.2) is 42.6 Å². The number of hydrogen-bond acceptors (Lipinski definition) is 7. The van der Waals surface area contributed by atoms with Crippen molar-refractivity contribution in [1.29, 1.82) is 0 Å². The Morgan fingerprint density at radius 2 is 1.81 bits per heavy atom. The van der Waals surface area contributed by atoms with Crippen LogP contribution < -0.4 is 4.74 Å². The van der Waals surface area contributed by atoms with Gasteiger partial charge in [-0.3, -0.25) is 19.2 Å². The zero-order chi connectivity index (χ0) is 26.0. The van der Waals surface area contributed by atoms with Crippen LogP contribution in [0, 0.1) is 6.92 Å². The van der Waals surface area contributed by atoms with E-state index in [-0.39, 0.29) is 11.8 Å². The molecule has 4 rings (SSSR count). The van der Waals surface area contributed by atoms with Gasteiger partial charge in [0.25, 0.3) is 0 Å². The molecule has 1 unspecified atom stereocenters. The number of Topliss-reactive ketones (excluding diaryl/α,β-unsaturated/α-hetero) is 1. The summed E-state index contributed by atoms with van der Waals surface area (Å²) in [6, 6.07) is 11.0. The molecule has 1 atom stereocenters. The Morgan fingerprint density at radius 1 is 1.08 bits per heavy atom. The maximum absolute atomic E-state index is 11.9. The molecule has 3 aromatic rings. The van der Waals surface area contributed by atoms with Crippen LogP contribution in [-0.4, -0.2) is 77.7 Å². The summed E-state index contributed by atoms with van der Waals surface area (Å²) < 4.78 is 11.8. The highest BCUT2D eigenvalue weighted by Crippen LogP contribution is 2.36. The van der Waals surface area contributed by atoms with E-state index in [9.17, 15) is 19.5 Å². The topological polar surface area (TPSA) is 101 Å². The van der Waals surface area contributed by atoms with Crippen LogP contribution in [0.2, 0.25) is 0 Å². The molecule has 36 heavy (non-hydrogen) atoms. The zero-order valence-corrected chi connectivity index (χ0v) is 21.0. The molecule has 0 saturated carbocycles. The molecule has 9 nitrogen and oxygen atoms in total. The number of aryl methyl sites for hydroxylation is 1. The molecule has 0 spiro atoms. The number of hydrogen-bond donors (Lipinski definition) is 1. The van der Waals surface area contributed by atoms with E-state index >= 15 is 0 Å². The van der Waals surface area contributed by atoms with Crippen molar-refractivity contribution in [1.82, 2.24) is 14.4 Å². The van der Waals surface area contributed by atoms with E-state index in [0.29, 0.717) is 43.0 Å². The quantitative estimate of drug-likeness (QED) is 0.497. The summed E-state index contributed by atoms with van der Waals surface area (Å²) in [5.74, 6) is 0.421. The fourth-order valence-corrected chi connectivity index (χ4v) is 5.07. The van der Waals surface area contributed by atoms with Crippen LogP contribution in [0.1, 0.15) is 40.0 Å². The number of carboxylic acid groups (broad SMARTS) is 1. The number of rotatable bonds is 7. The van der Waals surface area contributed by atoms with Gasteiger partial charge in [-0.2, -0.15) is 0 Å². The second-order valence-corrected chi connectivity index (χ2v) is 9.14. The van der Waals surface area contributed by atoms with E-state index in [0.717, 1.165) is 28.6 Å². The Labute approximate surface area is 209 Å². The second kappa shape index (κ2) is 10.5. The van der Waals surface area contributed by atoms with Crippen molar-refractivity contribution in [2.45, 2.75) is 26.4 Å². The lowest BCUT2D eigenvalue weighted by Crippen LogP contribution is -2.49. The molecular formula is C27H31N3O6. The number of methoxy groups -OCH3 is 2. The van der Waals surface area contributed by atoms with E-state index in [1.807, 2.05) is 31.2 Å². The molecule has 2 aromatic carbocycles. The molecule has 190 valence electrons. The molecule has 1 aliphatic heterocycles. The van der Waals surface area contributed by atoms with Gasteiger partial charge in [-0.25, -0.2) is 9.59 Å². The van der Waals surface area contributed by atoms with Crippen molar-refractivity contribution < 1.29 is 29.0 Å². The van der Waals surface area contributed by atoms with Gasteiger partial charge in [-0.15, -0.1) is 0 Å². The van der Waals surface area contributed by atoms with Crippen molar-refractivity contribution in [3.8, 4) is 5.75 Å². The average Bonchev–Trinajstić information content (AvgIpc) is 3.32. The highest BCUT2D eigenvalue weighted by Gasteiger charge is 2.30. The van der Waals surface area contributed by atoms with E-state index in [2.05, 4.69) is 9.80 Å². The lowest BCUT2D eigenvalue weighted by molar-refractivity contribution is -0.118. The second-order valence-electron chi connectivity index (χ2n) is 9.14. The first kappa shape index (κ1) is 25.4. The van der Waals surface area contributed by atoms with E-state index < -0.39 is 12.1 Å². The molecular weight excluding hydrogens is 462 g/mol. The zero-order valence-electron chi connectivity index (χ0n) is 21.0. The van der Waals surface area contributed by atoms with Crippen molar-refractivity contribution in [2.75, 3.05) is 40.4 Å². The van der Waals surface area contributed by atoms with Gasteiger partial charge in [0, 0.05) is 49.4 Å². The Bertz CT molecular complexity index is 1300. The van der Waals surface area contributed by atoms with Gasteiger partial charge in [0.15, 0.2) is 0 Å². The van der Waals surface area contributed by atoms with Crippen molar-refractivity contribution in [3.63, 3.8) is 0 Å². The number of esters is 1. The van der Waals surface area contributed by atoms with Gasteiger partial charge in [0.05, 0.1) is 31.8 Å². The predicted octanol–water partition coefficient (Wildman–Crippen LogP) is 3.72. The summed E-state index contributed by atoms with van der Waals surface area (Å²) in [7, 11) is 2.97. The highest BCUT2D eigenvalue weighted by atomic mass is 16.5. The predicted molar refractivity (Wildman–Crippen MR) is 135 cm³/mol. The molecule has 1 saturated heterocycles. The molecule has 9 heteroatoms. The number of ether oxygens (including phenoxy) is 2. The third kappa shape index (κ3) is 4.98. The van der Waals surface area contributed by atoms with Gasteiger partial charge in [0.1, 0.15) is 11.5 Å². The van der Waals surface area contributed by atoms with Crippen LogP contribution in [0.5, 0.6) is 5.75 Å². The maximum atomic E-state index is 11.9. The third-order valence-corrected chi connectivity index (χ3v) is 6.76. The minimum Gasteiger partial charge on any atom is -0.496 e. The summed E-state index contributed by atoms with van der Waals surface area (Å²) in [6.07, 6.45) is 0.530. The minimum atomic E-state index is -1.04. The number of carbonyl (C=O) groups excluding carboxylic acids is 2. The number of aromatic nitrogens is 1. The van der Waals surface area contributed by atoms with Crippen LogP contribution in [0.3, 0.4) is 0 Å². The Balaban J connectivity index is 1.73. The number of nitrogens with zero attached hydrogens (tertiary/aromatic N) is 3. The summed E-state index contributed by atoms with van der Waals surface area (Å²) in [5, 5.41) is 10.5. The number of ketones is 1. The fraction of sp³-hybridized carbons (Fsp3) is 0.370. The summed E-state index contributed by atoms with van der Waals surface area (Å²) in [5.41, 5.74) is 3.86. The van der Waals surface area contributed by atoms with Gasteiger partial charge in [0.2, 0.25) is 0 Å². The van der Waals surface area contributed by atoms with E-state index in [1.165, 1.54) is 11.7 Å². The third-order valence-electron chi connectivity index (χ3n) is 6.76. The van der Waals surface area contributed by atoms with Gasteiger partial charge in [-0.1, -0.05) is 12.1 Å². The van der Waals surface area contributed by atoms with E-state index in [4.69, 9.17) is 9.47 Å². The molecule has 0 radical (unpaired) electrons. The lowest BCUT2D eigenvalue weighted by atomic mass is 9.98. The Hall–Kier alpha value is -3.69. The van der Waals surface area contributed by atoms with Gasteiger partial charge < -0.3 is 14.6 Å². The number of piperazine rings is 1. The van der Waals surface area contributed by atoms with Crippen LogP contribution in [0.4, 0.5) is 4.79 Å². The number of fused-ring (bicyclic) bond motifs is 1. The van der Waals surface area contributed by atoms with Crippen LogP contribution in [-0.2, 0) is 16.1 Å². The summed E-state index contributed by atoms with van der Waals surface area (Å²) >= 11 is 0. The highest BCUT2D eigenvalue weighted by molar-refractivity contribution is 5.94. The van der Waals surface area contributed by atoms with Gasteiger partial charge in [-0.05, 0) is 49.2 Å². The Kier molecular flexibility index (Phi) is 7.42. The number of carbonyl (C=O) groups is 3. The molecule has 0 aliphatic carbocycles. The van der Waals surface area contributed by atoms with Crippen molar-refractivity contribution >= 4 is 28.7 Å². The van der Waals surface area contributed by atoms with Crippen LogP contribution >= 0.6 is 0 Å². The number of benzene rings is 2. The fourth-order valence-electron chi connectivity index (χ4n) is 5.07. The standard InChI is InChI=1S/C27H31N3O6/c1-17-13-24(35-3)22(21-9-10-30(25(17)21)27(33)34)15-29-12-11-28(14-18(2)31)16-23(29)19-5-7-20(8-6-19)26(32)36-4/h5-10,13,23H,11-12,14-16H2,1-4H3,(H,33,34). The van der Waals surface area contributed by atoms with Crippen LogP contribution in [0.25, 0.3) is 10.9 Å². The molecule has 0 bridgehead atoms. The Morgan fingerprint density at radius 3 is 2.42 bits per heavy atom. The molecule has 2 heterocycles. The smallest absolute Gasteiger partial charge is 0.416 e. The molecule has 1 aliphatic rings. The summed E-state index contributed by atoms with van der Waals surface area (Å²) in [6.45, 7) is 6.45. The normalized spacial score (nSPS) is 16.7. The largest absolute Gasteiger partial charge is 0.496 e. The monoisotopic (exact) mass is 493 g/mol. The first-order valence-corrected chi connectivity index (χ1v) is 11.8. The van der Waals surface area contributed by atoms with E-state index in [1.54, 1.807) is 32.4 Å². The summed E-state index contributed by atoms with van der Waals surface area (Å²) in [4.78, 5) is 40.0. The lowest BCUT2D eigenvalue weighted by Gasteiger charge is -2.41. The van der Waals surface area contributed by atoms with Gasteiger partial charge >= 0.3 is 12.1 Å². The van der Waals surface area contributed by atoms with Crippen molar-refractivity contribution in [2.24, 2.45) is 0 Å². The van der Waals surface area contributed by atoms with Crippen molar-refractivity contribution in [3.05, 3.63) is 64.8 Å². The maximum Gasteiger partial charge on any atom is 0.416 e.